The normalized spacial score (nSPS) is 26.7. The molecule has 5 nitrogen and oxygen atoms in total. The van der Waals surface area contributed by atoms with Gasteiger partial charge in [0, 0.05) is 19.8 Å². The number of methoxy groups -OCH3 is 1. The summed E-state index contributed by atoms with van der Waals surface area (Å²) in [6.45, 7) is 0.253. The lowest BCUT2D eigenvalue weighted by atomic mass is 9.97. The van der Waals surface area contributed by atoms with E-state index in [0.717, 1.165) is 32.1 Å². The quantitative estimate of drug-likeness (QED) is 0.686. The van der Waals surface area contributed by atoms with E-state index in [1.54, 1.807) is 0 Å². The van der Waals surface area contributed by atoms with Crippen molar-refractivity contribution >= 4 is 10.0 Å². The van der Waals surface area contributed by atoms with Crippen LogP contribution in [0.1, 0.15) is 32.1 Å². The molecule has 1 aliphatic carbocycles. The van der Waals surface area contributed by atoms with Crippen LogP contribution < -0.4 is 4.72 Å². The average Bonchev–Trinajstić information content (AvgIpc) is 2.51. The molecule has 17 heavy (non-hydrogen) atoms. The summed E-state index contributed by atoms with van der Waals surface area (Å²) in [5.74, 6) is 0.0350. The second-order valence-electron chi connectivity index (χ2n) is 4.62. The first-order valence-corrected chi connectivity index (χ1v) is 7.84. The van der Waals surface area contributed by atoms with Gasteiger partial charge in [0.05, 0.1) is 12.4 Å². The van der Waals surface area contributed by atoms with E-state index in [-0.39, 0.29) is 30.9 Å². The summed E-state index contributed by atoms with van der Waals surface area (Å²) >= 11 is 0. The summed E-state index contributed by atoms with van der Waals surface area (Å²) in [6.07, 6.45) is 4.92. The van der Waals surface area contributed by atoms with E-state index in [9.17, 15) is 13.5 Å². The Morgan fingerprint density at radius 2 is 2.00 bits per heavy atom. The minimum Gasteiger partial charge on any atom is -0.396 e. The standard InChI is InChI=1S/C11H23NO4S/c1-16-7-8-17(14,15)12-11-6-4-2-3-5-10(11)9-13/h10-13H,2-9H2,1H3. The molecular formula is C11H23NO4S. The van der Waals surface area contributed by atoms with Gasteiger partial charge in [-0.15, -0.1) is 0 Å². The van der Waals surface area contributed by atoms with Crippen LogP contribution in [0.15, 0.2) is 0 Å². The summed E-state index contributed by atoms with van der Waals surface area (Å²) in [5, 5.41) is 9.30. The highest BCUT2D eigenvalue weighted by molar-refractivity contribution is 7.89. The zero-order chi connectivity index (χ0) is 12.7. The molecule has 2 N–H and O–H groups in total. The van der Waals surface area contributed by atoms with E-state index in [1.807, 2.05) is 0 Å². The van der Waals surface area contributed by atoms with Crippen molar-refractivity contribution in [2.24, 2.45) is 5.92 Å². The van der Waals surface area contributed by atoms with Crippen LogP contribution in [-0.2, 0) is 14.8 Å². The molecule has 2 atom stereocenters. The van der Waals surface area contributed by atoms with Gasteiger partial charge in [0.25, 0.3) is 0 Å². The van der Waals surface area contributed by atoms with Crippen LogP contribution >= 0.6 is 0 Å². The fourth-order valence-corrected chi connectivity index (χ4v) is 3.52. The number of hydrogen-bond acceptors (Lipinski definition) is 4. The Kier molecular flexibility index (Phi) is 6.40. The van der Waals surface area contributed by atoms with Crippen molar-refractivity contribution in [3.63, 3.8) is 0 Å². The van der Waals surface area contributed by atoms with Crippen molar-refractivity contribution in [1.82, 2.24) is 4.72 Å². The Labute approximate surface area is 104 Å². The van der Waals surface area contributed by atoms with Crippen molar-refractivity contribution in [2.45, 2.75) is 38.1 Å². The number of ether oxygens (including phenoxy) is 1. The molecule has 6 heteroatoms. The second-order valence-corrected chi connectivity index (χ2v) is 6.49. The monoisotopic (exact) mass is 265 g/mol. The molecule has 0 radical (unpaired) electrons. The van der Waals surface area contributed by atoms with Gasteiger partial charge < -0.3 is 9.84 Å². The van der Waals surface area contributed by atoms with Crippen LogP contribution in [0.2, 0.25) is 0 Å². The first-order chi connectivity index (χ1) is 8.09. The Bertz CT molecular complexity index is 305. The SMILES string of the molecule is COCCS(=O)(=O)NC1CCCCCC1CO. The largest absolute Gasteiger partial charge is 0.396 e. The Balaban J connectivity index is 2.56. The predicted octanol–water partition coefficient (Wildman–Crippen LogP) is 0.493. The molecule has 1 aliphatic rings. The maximum absolute atomic E-state index is 11.8. The molecule has 0 aliphatic heterocycles. The number of sulfonamides is 1. The highest BCUT2D eigenvalue weighted by Gasteiger charge is 2.26. The third-order valence-corrected chi connectivity index (χ3v) is 4.65. The number of aliphatic hydroxyl groups is 1. The zero-order valence-corrected chi connectivity index (χ0v) is 11.2. The average molecular weight is 265 g/mol. The third-order valence-electron chi connectivity index (χ3n) is 3.28. The lowest BCUT2D eigenvalue weighted by Gasteiger charge is -2.24. The van der Waals surface area contributed by atoms with Crippen LogP contribution in [0.25, 0.3) is 0 Å². The molecule has 1 rings (SSSR count). The Morgan fingerprint density at radius 3 is 2.65 bits per heavy atom. The molecule has 0 saturated heterocycles. The van der Waals surface area contributed by atoms with Gasteiger partial charge in [-0.2, -0.15) is 0 Å². The first kappa shape index (κ1) is 14.9. The molecule has 0 aromatic heterocycles. The molecule has 0 spiro atoms. The van der Waals surface area contributed by atoms with E-state index in [1.165, 1.54) is 7.11 Å². The van der Waals surface area contributed by atoms with Gasteiger partial charge in [0.1, 0.15) is 0 Å². The van der Waals surface area contributed by atoms with Crippen LogP contribution in [0, 0.1) is 5.92 Å². The first-order valence-electron chi connectivity index (χ1n) is 6.19. The molecule has 0 amide bonds. The van der Waals surface area contributed by atoms with Crippen molar-refractivity contribution in [2.75, 3.05) is 26.1 Å². The van der Waals surface area contributed by atoms with Crippen LogP contribution in [-0.4, -0.2) is 45.6 Å². The van der Waals surface area contributed by atoms with Gasteiger partial charge >= 0.3 is 0 Å². The third kappa shape index (κ3) is 5.33. The molecule has 102 valence electrons. The summed E-state index contributed by atoms with van der Waals surface area (Å²) < 4.78 is 31.0. The lowest BCUT2D eigenvalue weighted by Crippen LogP contribution is -2.42. The summed E-state index contributed by atoms with van der Waals surface area (Å²) in [6, 6.07) is -0.121. The Hall–Kier alpha value is -0.170. The zero-order valence-electron chi connectivity index (χ0n) is 10.4. The van der Waals surface area contributed by atoms with Crippen LogP contribution in [0.3, 0.4) is 0 Å². The fourth-order valence-electron chi connectivity index (χ4n) is 2.24. The van der Waals surface area contributed by atoms with Crippen LogP contribution in [0.4, 0.5) is 0 Å². The van der Waals surface area contributed by atoms with E-state index in [4.69, 9.17) is 4.74 Å². The smallest absolute Gasteiger partial charge is 0.214 e. The van der Waals surface area contributed by atoms with E-state index in [2.05, 4.69) is 4.72 Å². The number of rotatable bonds is 6. The molecule has 1 fully saturated rings. The molecule has 1 saturated carbocycles. The maximum atomic E-state index is 11.8. The molecule has 0 bridgehead atoms. The van der Waals surface area contributed by atoms with E-state index < -0.39 is 10.0 Å². The van der Waals surface area contributed by atoms with E-state index in [0.29, 0.717) is 0 Å². The highest BCUT2D eigenvalue weighted by Crippen LogP contribution is 2.23. The Morgan fingerprint density at radius 1 is 1.29 bits per heavy atom. The highest BCUT2D eigenvalue weighted by atomic mass is 32.2. The van der Waals surface area contributed by atoms with Crippen molar-refractivity contribution < 1.29 is 18.3 Å². The number of hydrogen-bond donors (Lipinski definition) is 2. The molecule has 0 aromatic carbocycles. The molecule has 0 heterocycles. The molecular weight excluding hydrogens is 242 g/mol. The lowest BCUT2D eigenvalue weighted by molar-refractivity contribution is 0.190. The molecule has 2 unspecified atom stereocenters. The second kappa shape index (κ2) is 7.31. The van der Waals surface area contributed by atoms with Crippen molar-refractivity contribution in [3.05, 3.63) is 0 Å². The number of aliphatic hydroxyl groups excluding tert-OH is 1. The van der Waals surface area contributed by atoms with Gasteiger partial charge in [-0.05, 0) is 18.8 Å². The van der Waals surface area contributed by atoms with Crippen molar-refractivity contribution in [1.29, 1.82) is 0 Å². The van der Waals surface area contributed by atoms with Crippen LogP contribution in [0.5, 0.6) is 0 Å². The topological polar surface area (TPSA) is 75.6 Å². The minimum atomic E-state index is -3.29. The number of nitrogens with one attached hydrogen (secondary N) is 1. The van der Waals surface area contributed by atoms with Crippen molar-refractivity contribution in [3.8, 4) is 0 Å². The minimum absolute atomic E-state index is 0.0157. The van der Waals surface area contributed by atoms with Gasteiger partial charge in [-0.25, -0.2) is 13.1 Å². The maximum Gasteiger partial charge on any atom is 0.214 e. The van der Waals surface area contributed by atoms with E-state index >= 15 is 0 Å². The van der Waals surface area contributed by atoms with Gasteiger partial charge in [0.2, 0.25) is 10.0 Å². The summed E-state index contributed by atoms with van der Waals surface area (Å²) in [4.78, 5) is 0. The molecule has 0 aromatic rings. The van der Waals surface area contributed by atoms with Gasteiger partial charge in [-0.3, -0.25) is 0 Å². The fraction of sp³-hybridized carbons (Fsp3) is 1.00. The summed E-state index contributed by atoms with van der Waals surface area (Å²) in [7, 11) is -1.80. The van der Waals surface area contributed by atoms with Gasteiger partial charge in [0.15, 0.2) is 0 Å². The predicted molar refractivity (Wildman–Crippen MR) is 66.2 cm³/mol. The van der Waals surface area contributed by atoms with Gasteiger partial charge in [-0.1, -0.05) is 19.3 Å². The summed E-state index contributed by atoms with van der Waals surface area (Å²) in [5.41, 5.74) is 0.